The quantitative estimate of drug-likeness (QED) is 0.344. The number of aliphatic hydroxyl groups is 2. The summed E-state index contributed by atoms with van der Waals surface area (Å²) in [5.41, 5.74) is 0.900. The van der Waals surface area contributed by atoms with Crippen molar-refractivity contribution in [2.75, 3.05) is 33.4 Å². The second kappa shape index (κ2) is 13.4. The number of aliphatic hydroxyl groups excluding tert-OH is 2. The third kappa shape index (κ3) is 7.39. The molecule has 0 bridgehead atoms. The lowest BCUT2D eigenvalue weighted by Crippen LogP contribution is -2.43. The Kier molecular flexibility index (Phi) is 10.2. The highest BCUT2D eigenvalue weighted by Crippen LogP contribution is 2.34. The minimum absolute atomic E-state index is 0.00636. The number of esters is 1. The number of nitrogens with zero attached hydrogens (tertiary/aromatic N) is 1. The van der Waals surface area contributed by atoms with Crippen molar-refractivity contribution in [3.8, 4) is 5.75 Å². The highest BCUT2D eigenvalue weighted by molar-refractivity contribution is 7.89. The number of hydrogen-bond acceptors (Lipinski definition) is 9. The summed E-state index contributed by atoms with van der Waals surface area (Å²) in [7, 11) is -2.44. The molecule has 2 aromatic carbocycles. The van der Waals surface area contributed by atoms with Crippen LogP contribution in [0.4, 0.5) is 0 Å². The summed E-state index contributed by atoms with van der Waals surface area (Å²) in [6.07, 6.45) is -3.01. The summed E-state index contributed by atoms with van der Waals surface area (Å²) < 4.78 is 50.2. The number of fused-ring (bicyclic) bond motifs is 1. The molecule has 2 aliphatic heterocycles. The SMILES string of the molecule is COc1ccc(S(=O)(=O)N(CC(C)C)C[C@@H](O)[C@@H](CC(=O)O[C@H]2CO[C@H]3OC[C@@H](O)C32)Cc2ccccc2)cc1. The van der Waals surface area contributed by atoms with Gasteiger partial charge in [-0.2, -0.15) is 4.31 Å². The first kappa shape index (κ1) is 30.4. The predicted octanol–water partition coefficient (Wildman–Crippen LogP) is 2.23. The van der Waals surface area contributed by atoms with Gasteiger partial charge in [-0.05, 0) is 42.2 Å². The number of methoxy groups -OCH3 is 1. The van der Waals surface area contributed by atoms with Crippen LogP contribution in [0.2, 0.25) is 0 Å². The molecule has 0 radical (unpaired) electrons. The normalized spacial score (nSPS) is 24.2. The number of rotatable bonds is 13. The molecule has 220 valence electrons. The molecule has 0 saturated carbocycles. The summed E-state index contributed by atoms with van der Waals surface area (Å²) in [5.74, 6) is -1.11. The number of carbonyl (C=O) groups excluding carboxylic acids is 1. The summed E-state index contributed by atoms with van der Waals surface area (Å²) in [5, 5.41) is 21.6. The molecular weight excluding hydrogens is 538 g/mol. The third-order valence-corrected chi connectivity index (χ3v) is 9.14. The van der Waals surface area contributed by atoms with Crippen LogP contribution in [0.3, 0.4) is 0 Å². The van der Waals surface area contributed by atoms with Crippen molar-refractivity contribution >= 4 is 16.0 Å². The molecule has 2 aliphatic rings. The van der Waals surface area contributed by atoms with Gasteiger partial charge in [-0.3, -0.25) is 4.79 Å². The Morgan fingerprint density at radius 3 is 2.38 bits per heavy atom. The van der Waals surface area contributed by atoms with Crippen LogP contribution in [0.1, 0.15) is 25.8 Å². The van der Waals surface area contributed by atoms with Crippen LogP contribution in [-0.2, 0) is 35.4 Å². The molecule has 0 amide bonds. The van der Waals surface area contributed by atoms with E-state index in [0.29, 0.717) is 12.2 Å². The molecule has 2 aromatic rings. The van der Waals surface area contributed by atoms with Crippen LogP contribution in [-0.4, -0.2) is 86.9 Å². The lowest BCUT2D eigenvalue weighted by atomic mass is 9.90. The topological polar surface area (TPSA) is 132 Å². The fourth-order valence-electron chi connectivity index (χ4n) is 5.22. The van der Waals surface area contributed by atoms with Crippen LogP contribution in [0.25, 0.3) is 0 Å². The zero-order chi connectivity index (χ0) is 28.9. The molecule has 40 heavy (non-hydrogen) atoms. The van der Waals surface area contributed by atoms with Crippen molar-refractivity contribution < 1.29 is 42.4 Å². The molecule has 11 heteroatoms. The second-order valence-corrected chi connectivity index (χ2v) is 12.8. The molecule has 6 atom stereocenters. The van der Waals surface area contributed by atoms with Crippen molar-refractivity contribution in [1.29, 1.82) is 0 Å². The number of hydrogen-bond donors (Lipinski definition) is 2. The first-order chi connectivity index (χ1) is 19.1. The number of carbonyl (C=O) groups is 1. The Morgan fingerprint density at radius 1 is 1.05 bits per heavy atom. The van der Waals surface area contributed by atoms with Crippen LogP contribution in [0, 0.1) is 17.8 Å². The van der Waals surface area contributed by atoms with Gasteiger partial charge in [-0.15, -0.1) is 0 Å². The lowest BCUT2D eigenvalue weighted by Gasteiger charge is -2.30. The van der Waals surface area contributed by atoms with E-state index in [0.717, 1.165) is 5.56 Å². The Morgan fingerprint density at radius 2 is 1.73 bits per heavy atom. The molecule has 2 N–H and O–H groups in total. The van der Waals surface area contributed by atoms with Crippen molar-refractivity contribution in [3.63, 3.8) is 0 Å². The summed E-state index contributed by atoms with van der Waals surface area (Å²) >= 11 is 0. The monoisotopic (exact) mass is 577 g/mol. The second-order valence-electron chi connectivity index (χ2n) is 10.8. The Hall–Kier alpha value is -2.54. The average Bonchev–Trinajstić information content (AvgIpc) is 3.50. The van der Waals surface area contributed by atoms with E-state index >= 15 is 0 Å². The minimum atomic E-state index is -3.94. The van der Waals surface area contributed by atoms with Crippen molar-refractivity contribution in [2.24, 2.45) is 17.8 Å². The molecule has 2 fully saturated rings. The molecule has 10 nitrogen and oxygen atoms in total. The smallest absolute Gasteiger partial charge is 0.306 e. The van der Waals surface area contributed by atoms with Crippen LogP contribution < -0.4 is 4.74 Å². The van der Waals surface area contributed by atoms with Gasteiger partial charge in [0.2, 0.25) is 10.0 Å². The maximum Gasteiger partial charge on any atom is 0.306 e. The maximum atomic E-state index is 13.6. The zero-order valence-electron chi connectivity index (χ0n) is 23.1. The fourth-order valence-corrected chi connectivity index (χ4v) is 6.84. The van der Waals surface area contributed by atoms with Gasteiger partial charge in [0, 0.05) is 19.0 Å². The van der Waals surface area contributed by atoms with Gasteiger partial charge < -0.3 is 29.2 Å². The molecule has 0 aromatic heterocycles. The van der Waals surface area contributed by atoms with Gasteiger partial charge in [0.05, 0.1) is 49.8 Å². The van der Waals surface area contributed by atoms with E-state index in [1.165, 1.54) is 23.5 Å². The van der Waals surface area contributed by atoms with Crippen LogP contribution in [0.15, 0.2) is 59.5 Å². The zero-order valence-corrected chi connectivity index (χ0v) is 23.9. The largest absolute Gasteiger partial charge is 0.497 e. The maximum absolute atomic E-state index is 13.6. The van der Waals surface area contributed by atoms with Gasteiger partial charge in [-0.25, -0.2) is 8.42 Å². The first-order valence-electron chi connectivity index (χ1n) is 13.6. The number of benzene rings is 2. The van der Waals surface area contributed by atoms with Crippen LogP contribution in [0.5, 0.6) is 5.75 Å². The van der Waals surface area contributed by atoms with E-state index in [-0.39, 0.29) is 43.5 Å². The third-order valence-electron chi connectivity index (χ3n) is 7.30. The molecular formula is C29H39NO9S. The van der Waals surface area contributed by atoms with Gasteiger partial charge in [0.15, 0.2) is 6.29 Å². The van der Waals surface area contributed by atoms with E-state index in [9.17, 15) is 23.4 Å². The standard InChI is InChI=1S/C29H39NO9S/c1-19(2)15-30(40(34,35)23-11-9-22(36-3)10-12-23)16-24(31)21(13-20-7-5-4-6-8-20)14-27(33)39-26-18-38-29-28(26)25(32)17-37-29/h4-12,19,21,24-26,28-29,31-32H,13-18H2,1-3H3/t21-,24-,25-,26+,28?,29-/m1/s1. The molecule has 2 heterocycles. The van der Waals surface area contributed by atoms with E-state index in [1.54, 1.807) is 12.1 Å². The van der Waals surface area contributed by atoms with Gasteiger partial charge >= 0.3 is 5.97 Å². The summed E-state index contributed by atoms with van der Waals surface area (Å²) in [6.45, 7) is 4.04. The molecule has 0 spiro atoms. The van der Waals surface area contributed by atoms with E-state index in [2.05, 4.69) is 0 Å². The summed E-state index contributed by atoms with van der Waals surface area (Å²) in [6, 6.07) is 15.5. The van der Waals surface area contributed by atoms with Crippen LogP contribution >= 0.6 is 0 Å². The van der Waals surface area contributed by atoms with E-state index in [1.807, 2.05) is 44.2 Å². The highest BCUT2D eigenvalue weighted by atomic mass is 32.2. The lowest BCUT2D eigenvalue weighted by molar-refractivity contribution is -0.154. The molecule has 0 aliphatic carbocycles. The molecule has 4 rings (SSSR count). The van der Waals surface area contributed by atoms with E-state index in [4.69, 9.17) is 18.9 Å². The van der Waals surface area contributed by atoms with Gasteiger partial charge in [-0.1, -0.05) is 44.2 Å². The average molecular weight is 578 g/mol. The Balaban J connectivity index is 1.51. The number of ether oxygens (including phenoxy) is 4. The van der Waals surface area contributed by atoms with Crippen molar-refractivity contribution in [2.45, 2.75) is 56.2 Å². The first-order valence-corrected chi connectivity index (χ1v) is 15.0. The molecule has 1 unspecified atom stereocenters. The van der Waals surface area contributed by atoms with E-state index < -0.39 is 52.4 Å². The Bertz CT molecular complexity index is 1210. The Labute approximate surface area is 235 Å². The summed E-state index contributed by atoms with van der Waals surface area (Å²) in [4.78, 5) is 13.2. The van der Waals surface area contributed by atoms with Crippen molar-refractivity contribution in [1.82, 2.24) is 4.31 Å². The highest BCUT2D eigenvalue weighted by Gasteiger charge is 2.49. The predicted molar refractivity (Wildman–Crippen MR) is 146 cm³/mol. The van der Waals surface area contributed by atoms with Gasteiger partial charge in [0.25, 0.3) is 0 Å². The minimum Gasteiger partial charge on any atom is -0.497 e. The van der Waals surface area contributed by atoms with Crippen molar-refractivity contribution in [3.05, 3.63) is 60.2 Å². The fraction of sp³-hybridized carbons (Fsp3) is 0.552. The molecule has 2 saturated heterocycles. The van der Waals surface area contributed by atoms with Gasteiger partial charge in [0.1, 0.15) is 11.9 Å². The number of sulfonamides is 1.